The van der Waals surface area contributed by atoms with Crippen molar-refractivity contribution in [2.24, 2.45) is 0 Å². The molecule has 0 unspecified atom stereocenters. The van der Waals surface area contributed by atoms with Gasteiger partial charge in [-0.3, -0.25) is 0 Å². The number of aryl methyl sites for hydroxylation is 2. The van der Waals surface area contributed by atoms with Gasteiger partial charge in [0.15, 0.2) is 0 Å². The summed E-state index contributed by atoms with van der Waals surface area (Å²) in [4.78, 5) is 0. The molecule has 0 saturated carbocycles. The summed E-state index contributed by atoms with van der Waals surface area (Å²) in [6.07, 6.45) is 22.9. The predicted octanol–water partition coefficient (Wildman–Crippen LogP) is 7.55. The van der Waals surface area contributed by atoms with Crippen LogP contribution >= 0.6 is 0 Å². The Morgan fingerprint density at radius 3 is 1.75 bits per heavy atom. The van der Waals surface area contributed by atoms with E-state index in [1.165, 1.54) is 94.9 Å². The van der Waals surface area contributed by atoms with Crippen LogP contribution in [0.25, 0.3) is 11.4 Å². The first kappa shape index (κ1) is 22.7. The molecule has 0 N–H and O–H groups in total. The average molecular weight is 384 g/mol. The third-order valence-corrected chi connectivity index (χ3v) is 5.85. The summed E-state index contributed by atoms with van der Waals surface area (Å²) in [5.74, 6) is 1.35. The molecule has 0 atom stereocenters. The molecule has 0 bridgehead atoms. The fourth-order valence-electron chi connectivity index (χ4n) is 4.12. The van der Waals surface area contributed by atoms with Crippen molar-refractivity contribution in [3.05, 3.63) is 42.7 Å². The minimum Gasteiger partial charge on any atom is -0.230 e. The van der Waals surface area contributed by atoms with E-state index in [0.717, 1.165) is 13.1 Å². The van der Waals surface area contributed by atoms with E-state index in [2.05, 4.69) is 65.7 Å². The molecule has 1 aromatic carbocycles. The number of rotatable bonds is 16. The van der Waals surface area contributed by atoms with Crippen LogP contribution < -0.4 is 4.57 Å². The zero-order valence-electron chi connectivity index (χ0n) is 18.5. The van der Waals surface area contributed by atoms with Crippen LogP contribution in [0.4, 0.5) is 0 Å². The van der Waals surface area contributed by atoms with Gasteiger partial charge in [-0.15, -0.1) is 0 Å². The van der Waals surface area contributed by atoms with Gasteiger partial charge in [-0.2, -0.15) is 0 Å². The molecule has 0 aliphatic carbocycles. The highest BCUT2D eigenvalue weighted by atomic mass is 15.1. The van der Waals surface area contributed by atoms with Gasteiger partial charge < -0.3 is 0 Å². The highest BCUT2D eigenvalue weighted by Crippen LogP contribution is 2.16. The maximum absolute atomic E-state index is 2.44. The van der Waals surface area contributed by atoms with Crippen molar-refractivity contribution < 1.29 is 4.57 Å². The lowest BCUT2D eigenvalue weighted by Gasteiger charge is -2.05. The molecule has 2 nitrogen and oxygen atoms in total. The molecule has 0 spiro atoms. The van der Waals surface area contributed by atoms with Gasteiger partial charge in [0.2, 0.25) is 0 Å². The minimum absolute atomic E-state index is 1.02. The number of aromatic nitrogens is 2. The van der Waals surface area contributed by atoms with Gasteiger partial charge >= 0.3 is 0 Å². The highest BCUT2D eigenvalue weighted by molar-refractivity contribution is 5.52. The number of unbranched alkanes of at least 4 members (excludes halogenated alkanes) is 12. The topological polar surface area (TPSA) is 8.81 Å². The molecule has 0 aliphatic heterocycles. The van der Waals surface area contributed by atoms with Gasteiger partial charge in [-0.05, 0) is 31.9 Å². The third kappa shape index (κ3) is 8.20. The second kappa shape index (κ2) is 14.4. The molecular formula is C26H43N2+. The number of hydrogen-bond donors (Lipinski definition) is 0. The summed E-state index contributed by atoms with van der Waals surface area (Å²) in [7, 11) is 0. The molecule has 0 saturated heterocycles. The summed E-state index contributed by atoms with van der Waals surface area (Å²) < 4.78 is 4.80. The zero-order chi connectivity index (χ0) is 19.9. The number of hydrogen-bond acceptors (Lipinski definition) is 0. The average Bonchev–Trinajstić information content (AvgIpc) is 3.15. The van der Waals surface area contributed by atoms with E-state index < -0.39 is 0 Å². The fraction of sp³-hybridized carbons (Fsp3) is 0.654. The van der Waals surface area contributed by atoms with Gasteiger partial charge in [0.25, 0.3) is 5.82 Å². The molecule has 2 heteroatoms. The number of benzene rings is 1. The van der Waals surface area contributed by atoms with Gasteiger partial charge in [0.1, 0.15) is 12.4 Å². The molecule has 0 aliphatic rings. The molecule has 0 radical (unpaired) electrons. The SMILES string of the molecule is CCCCCCCCCCCCCCC[n+]1ccn(CC)c1-c1ccccc1. The van der Waals surface area contributed by atoms with E-state index in [4.69, 9.17) is 0 Å². The Kier molecular flexibility index (Phi) is 11.7. The van der Waals surface area contributed by atoms with Crippen molar-refractivity contribution in [2.75, 3.05) is 0 Å². The molecule has 1 aromatic heterocycles. The molecule has 0 fully saturated rings. The van der Waals surface area contributed by atoms with E-state index in [9.17, 15) is 0 Å². The lowest BCUT2D eigenvalue weighted by Crippen LogP contribution is -2.34. The summed E-state index contributed by atoms with van der Waals surface area (Å²) >= 11 is 0. The van der Waals surface area contributed by atoms with Crippen LogP contribution in [0.2, 0.25) is 0 Å². The molecular weight excluding hydrogens is 340 g/mol. The van der Waals surface area contributed by atoms with Gasteiger partial charge in [-0.25, -0.2) is 9.13 Å². The Balaban J connectivity index is 1.56. The Labute approximate surface area is 174 Å². The quantitative estimate of drug-likeness (QED) is 0.209. The van der Waals surface area contributed by atoms with Gasteiger partial charge in [0, 0.05) is 0 Å². The van der Waals surface area contributed by atoms with Crippen LogP contribution in [0.1, 0.15) is 97.3 Å². The standard InChI is InChI=1S/C26H43N2/c1-3-5-6-7-8-9-10-11-12-13-14-15-19-22-28-24-23-27(4-2)26(28)25-20-17-16-18-21-25/h16-18,20-21,23-24H,3-15,19,22H2,1-2H3/q+1. The smallest absolute Gasteiger partial charge is 0.230 e. The lowest BCUT2D eigenvalue weighted by atomic mass is 10.0. The van der Waals surface area contributed by atoms with Crippen LogP contribution in [0, 0.1) is 0 Å². The Morgan fingerprint density at radius 1 is 0.679 bits per heavy atom. The van der Waals surface area contributed by atoms with Gasteiger partial charge in [-0.1, -0.05) is 95.8 Å². The summed E-state index contributed by atoms with van der Waals surface area (Å²) in [6.45, 7) is 6.68. The van der Waals surface area contributed by atoms with Crippen molar-refractivity contribution in [3.8, 4) is 11.4 Å². The molecule has 28 heavy (non-hydrogen) atoms. The normalized spacial score (nSPS) is 11.2. The van der Waals surface area contributed by atoms with Crippen molar-refractivity contribution in [1.82, 2.24) is 4.57 Å². The zero-order valence-corrected chi connectivity index (χ0v) is 18.5. The Hall–Kier alpha value is -1.57. The minimum atomic E-state index is 1.02. The lowest BCUT2D eigenvalue weighted by molar-refractivity contribution is -0.686. The van der Waals surface area contributed by atoms with Crippen LogP contribution in [-0.4, -0.2) is 4.57 Å². The Morgan fingerprint density at radius 2 is 1.21 bits per heavy atom. The first-order valence-corrected chi connectivity index (χ1v) is 12.0. The molecule has 156 valence electrons. The van der Waals surface area contributed by atoms with E-state index >= 15 is 0 Å². The summed E-state index contributed by atoms with van der Waals surface area (Å²) in [5, 5.41) is 0. The molecule has 2 rings (SSSR count). The van der Waals surface area contributed by atoms with Crippen LogP contribution in [0.15, 0.2) is 42.7 Å². The first-order chi connectivity index (χ1) is 13.9. The third-order valence-electron chi connectivity index (χ3n) is 5.85. The van der Waals surface area contributed by atoms with Crippen molar-refractivity contribution in [2.45, 2.75) is 110 Å². The molecule has 0 amide bonds. The highest BCUT2D eigenvalue weighted by Gasteiger charge is 2.17. The van der Waals surface area contributed by atoms with Crippen LogP contribution in [0.3, 0.4) is 0 Å². The predicted molar refractivity (Wildman–Crippen MR) is 121 cm³/mol. The van der Waals surface area contributed by atoms with E-state index in [0.29, 0.717) is 0 Å². The second-order valence-electron chi connectivity index (χ2n) is 8.21. The second-order valence-corrected chi connectivity index (χ2v) is 8.21. The van der Waals surface area contributed by atoms with Crippen LogP contribution in [0.5, 0.6) is 0 Å². The number of imidazole rings is 1. The number of nitrogens with zero attached hydrogens (tertiary/aromatic N) is 2. The van der Waals surface area contributed by atoms with Gasteiger partial charge in [0.05, 0.1) is 18.7 Å². The summed E-state index contributed by atoms with van der Waals surface area (Å²) in [5.41, 5.74) is 1.32. The monoisotopic (exact) mass is 383 g/mol. The van der Waals surface area contributed by atoms with E-state index in [-0.39, 0.29) is 0 Å². The van der Waals surface area contributed by atoms with Crippen molar-refractivity contribution >= 4 is 0 Å². The van der Waals surface area contributed by atoms with Crippen molar-refractivity contribution in [3.63, 3.8) is 0 Å². The maximum Gasteiger partial charge on any atom is 0.288 e. The Bertz CT molecular complexity index is 615. The summed E-state index contributed by atoms with van der Waals surface area (Å²) in [6, 6.07) is 10.8. The molecule has 2 aromatic rings. The maximum atomic E-state index is 2.44. The molecule has 1 heterocycles. The van der Waals surface area contributed by atoms with Crippen molar-refractivity contribution in [1.29, 1.82) is 0 Å². The van der Waals surface area contributed by atoms with E-state index in [1.807, 2.05) is 0 Å². The largest absolute Gasteiger partial charge is 0.288 e. The van der Waals surface area contributed by atoms with Crippen LogP contribution in [-0.2, 0) is 13.1 Å². The fourth-order valence-corrected chi connectivity index (χ4v) is 4.12. The first-order valence-electron chi connectivity index (χ1n) is 12.0. The van der Waals surface area contributed by atoms with E-state index in [1.54, 1.807) is 0 Å².